The van der Waals surface area contributed by atoms with Crippen LogP contribution in [0.3, 0.4) is 0 Å². The van der Waals surface area contributed by atoms with Gasteiger partial charge in [0.05, 0.1) is 17.5 Å². The number of anilines is 1. The lowest BCUT2D eigenvalue weighted by molar-refractivity contribution is -0.123. The van der Waals surface area contributed by atoms with Gasteiger partial charge in [-0.3, -0.25) is 9.59 Å². The first-order valence-electron chi connectivity index (χ1n) is 10.2. The molecule has 5 rings (SSSR count). The van der Waals surface area contributed by atoms with Gasteiger partial charge in [-0.15, -0.1) is 0 Å². The fourth-order valence-corrected chi connectivity index (χ4v) is 5.37. The van der Waals surface area contributed by atoms with Crippen LogP contribution >= 0.6 is 23.2 Å². The Bertz CT molecular complexity index is 1140. The fourth-order valence-electron chi connectivity index (χ4n) is 4.85. The summed E-state index contributed by atoms with van der Waals surface area (Å²) in [6, 6.07) is 23.8. The number of fused-ring (bicyclic) bond motifs is 1. The molecule has 0 aromatic heterocycles. The van der Waals surface area contributed by atoms with Gasteiger partial charge in [0, 0.05) is 22.1 Å². The van der Waals surface area contributed by atoms with Gasteiger partial charge in [-0.25, -0.2) is 4.90 Å². The molecule has 2 aliphatic heterocycles. The largest absolute Gasteiger partial charge is 0.305 e. The van der Waals surface area contributed by atoms with Crippen molar-refractivity contribution in [1.82, 2.24) is 5.32 Å². The van der Waals surface area contributed by atoms with E-state index in [2.05, 4.69) is 5.32 Å². The molecule has 2 saturated heterocycles. The molecule has 0 radical (unpaired) electrons. The summed E-state index contributed by atoms with van der Waals surface area (Å²) in [6.45, 7) is 0. The summed E-state index contributed by atoms with van der Waals surface area (Å²) in [5.41, 5.74) is 2.50. The molecule has 2 fully saturated rings. The topological polar surface area (TPSA) is 49.4 Å². The lowest BCUT2D eigenvalue weighted by Crippen LogP contribution is -2.40. The average molecular weight is 451 g/mol. The molecule has 3 aromatic carbocycles. The predicted octanol–water partition coefficient (Wildman–Crippen LogP) is 5.05. The Balaban J connectivity index is 1.56. The molecular formula is C25H20Cl2N2O2. The molecule has 4 nitrogen and oxygen atoms in total. The molecule has 31 heavy (non-hydrogen) atoms. The lowest BCUT2D eigenvalue weighted by Gasteiger charge is -2.23. The normalized spacial score (nSPS) is 25.2. The maximum atomic E-state index is 13.6. The fraction of sp³-hybridized carbons (Fsp3) is 0.200. The molecule has 6 heteroatoms. The lowest BCUT2D eigenvalue weighted by atomic mass is 9.85. The minimum absolute atomic E-state index is 0.165. The minimum atomic E-state index is -0.528. The number of carbonyl (C=O) groups excluding carboxylic acids is 2. The molecule has 0 spiro atoms. The molecule has 156 valence electrons. The second kappa shape index (κ2) is 8.12. The standard InChI is InChI=1S/C25H20Cl2N2O2/c26-16-11-12-18(19(27)14-16)23-22-21(20(28-23)13-15-7-3-1-4-8-15)24(30)29(25(22)31)17-9-5-2-6-10-17/h1-12,14,20-23,28H,13H2/t20-,21+,22-,23+/m0/s1. The highest BCUT2D eigenvalue weighted by Crippen LogP contribution is 2.47. The van der Waals surface area contributed by atoms with E-state index in [9.17, 15) is 9.59 Å². The van der Waals surface area contributed by atoms with E-state index in [0.29, 0.717) is 22.2 Å². The van der Waals surface area contributed by atoms with Gasteiger partial charge < -0.3 is 5.32 Å². The van der Waals surface area contributed by atoms with E-state index in [1.54, 1.807) is 24.3 Å². The van der Waals surface area contributed by atoms with Crippen molar-refractivity contribution in [2.45, 2.75) is 18.5 Å². The Hall–Kier alpha value is -2.66. The molecule has 2 heterocycles. The van der Waals surface area contributed by atoms with Crippen LogP contribution in [0.5, 0.6) is 0 Å². The van der Waals surface area contributed by atoms with Gasteiger partial charge in [0.1, 0.15) is 0 Å². The van der Waals surface area contributed by atoms with Gasteiger partial charge >= 0.3 is 0 Å². The van der Waals surface area contributed by atoms with Crippen LogP contribution in [0.25, 0.3) is 0 Å². The van der Waals surface area contributed by atoms with Gasteiger partial charge in [0.15, 0.2) is 0 Å². The number of halogens is 2. The number of rotatable bonds is 4. The number of hydrogen-bond acceptors (Lipinski definition) is 3. The molecule has 0 aliphatic carbocycles. The van der Waals surface area contributed by atoms with Crippen molar-refractivity contribution in [2.75, 3.05) is 4.90 Å². The minimum Gasteiger partial charge on any atom is -0.305 e. The van der Waals surface area contributed by atoms with Crippen LogP contribution in [0.1, 0.15) is 17.2 Å². The molecule has 2 amide bonds. The molecule has 2 aliphatic rings. The SMILES string of the molecule is O=C1[C@H]2[C@H](C(=O)N1c1ccccc1)[C@@H](c1ccc(Cl)cc1Cl)N[C@H]2Cc1ccccc1. The van der Waals surface area contributed by atoms with E-state index in [1.807, 2.05) is 54.6 Å². The number of nitrogens with zero attached hydrogens (tertiary/aromatic N) is 1. The quantitative estimate of drug-likeness (QED) is 0.565. The van der Waals surface area contributed by atoms with Gasteiger partial charge in [0.2, 0.25) is 11.8 Å². The van der Waals surface area contributed by atoms with Gasteiger partial charge in [0.25, 0.3) is 0 Å². The maximum absolute atomic E-state index is 13.6. The Morgan fingerprint density at radius 3 is 2.13 bits per heavy atom. The molecule has 0 bridgehead atoms. The van der Waals surface area contributed by atoms with E-state index in [-0.39, 0.29) is 23.9 Å². The highest BCUT2D eigenvalue weighted by molar-refractivity contribution is 6.35. The molecule has 0 saturated carbocycles. The zero-order valence-electron chi connectivity index (χ0n) is 16.5. The van der Waals surface area contributed by atoms with Crippen molar-refractivity contribution >= 4 is 40.7 Å². The summed E-state index contributed by atoms with van der Waals surface area (Å²) in [5.74, 6) is -1.35. The van der Waals surface area contributed by atoms with E-state index >= 15 is 0 Å². The summed E-state index contributed by atoms with van der Waals surface area (Å²) >= 11 is 12.6. The Labute approximate surface area is 190 Å². The van der Waals surface area contributed by atoms with Crippen LogP contribution in [0.4, 0.5) is 5.69 Å². The number of para-hydroxylation sites is 1. The monoisotopic (exact) mass is 450 g/mol. The van der Waals surface area contributed by atoms with E-state index in [0.717, 1.165) is 11.1 Å². The number of amides is 2. The highest BCUT2D eigenvalue weighted by Gasteiger charge is 2.59. The van der Waals surface area contributed by atoms with Crippen LogP contribution in [0.15, 0.2) is 78.9 Å². The first kappa shape index (κ1) is 20.3. The molecule has 3 aromatic rings. The number of nitrogens with one attached hydrogen (secondary N) is 1. The molecular weight excluding hydrogens is 431 g/mol. The van der Waals surface area contributed by atoms with Crippen LogP contribution in [0, 0.1) is 11.8 Å². The van der Waals surface area contributed by atoms with Crippen molar-refractivity contribution in [3.05, 3.63) is 100 Å². The third kappa shape index (κ3) is 3.55. The zero-order valence-corrected chi connectivity index (χ0v) is 18.1. The number of carbonyl (C=O) groups is 2. The van der Waals surface area contributed by atoms with Crippen molar-refractivity contribution in [1.29, 1.82) is 0 Å². The van der Waals surface area contributed by atoms with Gasteiger partial charge in [-0.2, -0.15) is 0 Å². The van der Waals surface area contributed by atoms with Gasteiger partial charge in [-0.1, -0.05) is 77.8 Å². The zero-order chi connectivity index (χ0) is 21.5. The van der Waals surface area contributed by atoms with E-state index < -0.39 is 11.8 Å². The Morgan fingerprint density at radius 1 is 0.806 bits per heavy atom. The second-order valence-electron chi connectivity index (χ2n) is 8.01. The van der Waals surface area contributed by atoms with Gasteiger partial charge in [-0.05, 0) is 41.8 Å². The first-order valence-corrected chi connectivity index (χ1v) is 11.0. The van der Waals surface area contributed by atoms with Crippen LogP contribution in [-0.2, 0) is 16.0 Å². The first-order chi connectivity index (χ1) is 15.0. The summed E-state index contributed by atoms with van der Waals surface area (Å²) in [5, 5.41) is 4.57. The van der Waals surface area contributed by atoms with E-state index in [4.69, 9.17) is 23.2 Å². The van der Waals surface area contributed by atoms with E-state index in [1.165, 1.54) is 4.90 Å². The summed E-state index contributed by atoms with van der Waals surface area (Å²) < 4.78 is 0. The molecule has 0 unspecified atom stereocenters. The summed E-state index contributed by atoms with van der Waals surface area (Å²) in [7, 11) is 0. The Kier molecular flexibility index (Phi) is 5.30. The maximum Gasteiger partial charge on any atom is 0.239 e. The number of imide groups is 1. The number of hydrogen-bond donors (Lipinski definition) is 1. The second-order valence-corrected chi connectivity index (χ2v) is 8.85. The van der Waals surface area contributed by atoms with Crippen molar-refractivity contribution in [3.63, 3.8) is 0 Å². The third-order valence-electron chi connectivity index (χ3n) is 6.19. The molecule has 4 atom stereocenters. The average Bonchev–Trinajstić information content (AvgIpc) is 3.26. The van der Waals surface area contributed by atoms with Crippen molar-refractivity contribution in [2.24, 2.45) is 11.8 Å². The predicted molar refractivity (Wildman–Crippen MR) is 122 cm³/mol. The third-order valence-corrected chi connectivity index (χ3v) is 6.76. The number of benzene rings is 3. The van der Waals surface area contributed by atoms with Crippen LogP contribution in [-0.4, -0.2) is 17.9 Å². The smallest absolute Gasteiger partial charge is 0.239 e. The van der Waals surface area contributed by atoms with Crippen LogP contribution in [0.2, 0.25) is 10.0 Å². The molecule has 1 N–H and O–H groups in total. The van der Waals surface area contributed by atoms with Crippen molar-refractivity contribution < 1.29 is 9.59 Å². The van der Waals surface area contributed by atoms with Crippen LogP contribution < -0.4 is 10.2 Å². The summed E-state index contributed by atoms with van der Waals surface area (Å²) in [4.78, 5) is 28.4. The Morgan fingerprint density at radius 2 is 1.45 bits per heavy atom. The summed E-state index contributed by atoms with van der Waals surface area (Å²) in [6.07, 6.45) is 0.644. The highest BCUT2D eigenvalue weighted by atomic mass is 35.5. The van der Waals surface area contributed by atoms with Crippen molar-refractivity contribution in [3.8, 4) is 0 Å².